The molecule has 1 aromatic rings. The molecule has 0 bridgehead atoms. The molecule has 0 radical (unpaired) electrons. The van der Waals surface area contributed by atoms with Crippen LogP contribution in [0.25, 0.3) is 0 Å². The van der Waals surface area contributed by atoms with Gasteiger partial charge in [0.15, 0.2) is 11.6 Å². The first kappa shape index (κ1) is 10.5. The van der Waals surface area contributed by atoms with Crippen molar-refractivity contribution >= 4 is 0 Å². The first-order valence-electron chi connectivity index (χ1n) is 4.91. The molecular formula is C9H12N4O3. The molecule has 0 saturated carbocycles. The van der Waals surface area contributed by atoms with Gasteiger partial charge in [0, 0.05) is 19.2 Å². The standard InChI is InChI=1S/C9H12N4O3/c1-7-4-8(16-11-7)5-12-3-2-10-9(12)6-13(14)15/h4,6,10H,2-3,5H2,1H3/b9-6+. The van der Waals surface area contributed by atoms with Crippen LogP contribution in [-0.2, 0) is 6.54 Å². The highest BCUT2D eigenvalue weighted by Crippen LogP contribution is 2.13. The highest BCUT2D eigenvalue weighted by atomic mass is 16.6. The highest BCUT2D eigenvalue weighted by Gasteiger charge is 2.20. The van der Waals surface area contributed by atoms with Gasteiger partial charge in [-0.3, -0.25) is 10.1 Å². The lowest BCUT2D eigenvalue weighted by Gasteiger charge is -2.14. The second kappa shape index (κ2) is 4.21. The number of nitro groups is 1. The largest absolute Gasteiger partial charge is 0.365 e. The van der Waals surface area contributed by atoms with Gasteiger partial charge in [-0.25, -0.2) is 0 Å². The summed E-state index contributed by atoms with van der Waals surface area (Å²) < 4.78 is 5.06. The minimum atomic E-state index is -0.466. The third-order valence-electron chi connectivity index (χ3n) is 2.28. The Labute approximate surface area is 91.9 Å². The predicted octanol–water partition coefficient (Wildman–Crippen LogP) is 0.464. The van der Waals surface area contributed by atoms with Crippen molar-refractivity contribution in [1.29, 1.82) is 0 Å². The van der Waals surface area contributed by atoms with E-state index in [0.717, 1.165) is 18.4 Å². The van der Waals surface area contributed by atoms with E-state index in [2.05, 4.69) is 10.5 Å². The van der Waals surface area contributed by atoms with Crippen molar-refractivity contribution in [2.75, 3.05) is 13.1 Å². The molecule has 7 heteroatoms. The van der Waals surface area contributed by atoms with E-state index in [-0.39, 0.29) is 0 Å². The van der Waals surface area contributed by atoms with E-state index in [0.29, 0.717) is 24.7 Å². The van der Waals surface area contributed by atoms with Gasteiger partial charge >= 0.3 is 0 Å². The highest BCUT2D eigenvalue weighted by molar-refractivity contribution is 5.07. The second-order valence-electron chi connectivity index (χ2n) is 3.58. The number of aromatic nitrogens is 1. The lowest BCUT2D eigenvalue weighted by Crippen LogP contribution is -2.20. The van der Waals surface area contributed by atoms with Crippen LogP contribution in [0.2, 0.25) is 0 Å². The second-order valence-corrected chi connectivity index (χ2v) is 3.58. The average Bonchev–Trinajstić information content (AvgIpc) is 2.77. The van der Waals surface area contributed by atoms with Crippen molar-refractivity contribution in [3.05, 3.63) is 39.7 Å². The number of rotatable bonds is 3. The van der Waals surface area contributed by atoms with Crippen LogP contribution in [0.15, 0.2) is 22.6 Å². The Bertz CT molecular complexity index is 426. The molecule has 0 amide bonds. The van der Waals surface area contributed by atoms with Gasteiger partial charge in [0.25, 0.3) is 6.20 Å². The first-order valence-corrected chi connectivity index (χ1v) is 4.91. The zero-order valence-corrected chi connectivity index (χ0v) is 8.84. The summed E-state index contributed by atoms with van der Waals surface area (Å²) in [6.45, 7) is 3.75. The van der Waals surface area contributed by atoms with E-state index in [9.17, 15) is 10.1 Å². The van der Waals surface area contributed by atoms with Crippen molar-refractivity contribution < 1.29 is 9.45 Å². The summed E-state index contributed by atoms with van der Waals surface area (Å²) >= 11 is 0. The summed E-state index contributed by atoms with van der Waals surface area (Å²) in [6, 6.07) is 1.82. The molecule has 1 fully saturated rings. The average molecular weight is 224 g/mol. The van der Waals surface area contributed by atoms with Crippen LogP contribution in [-0.4, -0.2) is 28.1 Å². The van der Waals surface area contributed by atoms with E-state index in [4.69, 9.17) is 4.52 Å². The van der Waals surface area contributed by atoms with Gasteiger partial charge in [-0.1, -0.05) is 5.16 Å². The topological polar surface area (TPSA) is 84.4 Å². The summed E-state index contributed by atoms with van der Waals surface area (Å²) in [4.78, 5) is 11.8. The van der Waals surface area contributed by atoms with Crippen LogP contribution in [0.1, 0.15) is 11.5 Å². The fourth-order valence-electron chi connectivity index (χ4n) is 1.62. The lowest BCUT2D eigenvalue weighted by molar-refractivity contribution is -0.404. The molecule has 2 rings (SSSR count). The molecule has 0 atom stereocenters. The minimum Gasteiger partial charge on any atom is -0.365 e. The van der Waals surface area contributed by atoms with Crippen LogP contribution >= 0.6 is 0 Å². The molecule has 1 saturated heterocycles. The molecule has 0 aromatic carbocycles. The Hall–Kier alpha value is -2.05. The summed E-state index contributed by atoms with van der Waals surface area (Å²) in [5, 5.41) is 17.1. The van der Waals surface area contributed by atoms with Crippen LogP contribution in [0, 0.1) is 17.0 Å². The predicted molar refractivity (Wildman–Crippen MR) is 54.7 cm³/mol. The van der Waals surface area contributed by atoms with E-state index in [1.165, 1.54) is 0 Å². The Balaban J connectivity index is 2.06. The monoisotopic (exact) mass is 224 g/mol. The van der Waals surface area contributed by atoms with Crippen LogP contribution in [0.5, 0.6) is 0 Å². The maximum absolute atomic E-state index is 10.4. The van der Waals surface area contributed by atoms with Gasteiger partial charge in [0.2, 0.25) is 0 Å². The van der Waals surface area contributed by atoms with Crippen LogP contribution in [0.4, 0.5) is 0 Å². The van der Waals surface area contributed by atoms with E-state index in [1.54, 1.807) is 0 Å². The molecule has 7 nitrogen and oxygen atoms in total. The van der Waals surface area contributed by atoms with E-state index in [1.807, 2.05) is 17.9 Å². The summed E-state index contributed by atoms with van der Waals surface area (Å²) in [7, 11) is 0. The normalized spacial score (nSPS) is 17.8. The number of hydrogen-bond donors (Lipinski definition) is 1. The summed E-state index contributed by atoms with van der Waals surface area (Å²) in [5.74, 6) is 1.22. The van der Waals surface area contributed by atoms with Gasteiger partial charge < -0.3 is 14.7 Å². The van der Waals surface area contributed by atoms with E-state index < -0.39 is 4.92 Å². The zero-order chi connectivity index (χ0) is 11.5. The lowest BCUT2D eigenvalue weighted by atomic mass is 10.3. The summed E-state index contributed by atoms with van der Waals surface area (Å²) in [5.41, 5.74) is 0.807. The minimum absolute atomic E-state index is 0.466. The molecule has 86 valence electrons. The molecule has 1 aliphatic heterocycles. The molecule has 0 spiro atoms. The number of hydrogen-bond acceptors (Lipinski definition) is 6. The molecule has 1 aliphatic rings. The van der Waals surface area contributed by atoms with Crippen molar-refractivity contribution in [2.45, 2.75) is 13.5 Å². The van der Waals surface area contributed by atoms with Crippen LogP contribution in [0.3, 0.4) is 0 Å². The van der Waals surface area contributed by atoms with Crippen molar-refractivity contribution in [2.24, 2.45) is 0 Å². The Morgan fingerprint density at radius 1 is 1.81 bits per heavy atom. The number of nitrogens with zero attached hydrogens (tertiary/aromatic N) is 3. The van der Waals surface area contributed by atoms with Gasteiger partial charge in [0.1, 0.15) is 0 Å². The van der Waals surface area contributed by atoms with Gasteiger partial charge in [-0.2, -0.15) is 0 Å². The fraction of sp³-hybridized carbons (Fsp3) is 0.444. The summed E-state index contributed by atoms with van der Waals surface area (Å²) in [6.07, 6.45) is 0.968. The fourth-order valence-corrected chi connectivity index (χ4v) is 1.62. The molecule has 0 unspecified atom stereocenters. The third-order valence-corrected chi connectivity index (χ3v) is 2.28. The SMILES string of the molecule is Cc1cc(CN2CCN/C2=C\[N+](=O)[O-])on1. The Kier molecular flexibility index (Phi) is 2.76. The third kappa shape index (κ3) is 2.30. The quantitative estimate of drug-likeness (QED) is 0.593. The maximum atomic E-state index is 10.4. The number of aryl methyl sites for hydroxylation is 1. The Morgan fingerprint density at radius 3 is 3.25 bits per heavy atom. The Morgan fingerprint density at radius 2 is 2.62 bits per heavy atom. The van der Waals surface area contributed by atoms with E-state index >= 15 is 0 Å². The van der Waals surface area contributed by atoms with Crippen molar-refractivity contribution in [1.82, 2.24) is 15.4 Å². The first-order chi connectivity index (χ1) is 7.65. The zero-order valence-electron chi connectivity index (χ0n) is 8.84. The van der Waals surface area contributed by atoms with Crippen LogP contribution < -0.4 is 5.32 Å². The maximum Gasteiger partial charge on any atom is 0.274 e. The molecule has 2 heterocycles. The molecule has 1 aromatic heterocycles. The van der Waals surface area contributed by atoms with Crippen molar-refractivity contribution in [3.63, 3.8) is 0 Å². The smallest absolute Gasteiger partial charge is 0.274 e. The van der Waals surface area contributed by atoms with Gasteiger partial charge in [0.05, 0.1) is 17.2 Å². The van der Waals surface area contributed by atoms with Gasteiger partial charge in [-0.05, 0) is 6.92 Å². The molecular weight excluding hydrogens is 212 g/mol. The van der Waals surface area contributed by atoms with Crippen molar-refractivity contribution in [3.8, 4) is 0 Å². The van der Waals surface area contributed by atoms with Gasteiger partial charge in [-0.15, -0.1) is 0 Å². The number of nitrogens with one attached hydrogen (secondary N) is 1. The molecule has 0 aliphatic carbocycles. The molecule has 16 heavy (non-hydrogen) atoms. The molecule has 1 N–H and O–H groups in total.